The minimum absolute atomic E-state index is 0.0643. The fraction of sp³-hybridized carbons (Fsp3) is 0.917. The second-order valence-corrected chi connectivity index (χ2v) is 4.63. The molecule has 0 aromatic carbocycles. The predicted molar refractivity (Wildman–Crippen MR) is 64.8 cm³/mol. The molecule has 0 aliphatic carbocycles. The van der Waals surface area contributed by atoms with Crippen molar-refractivity contribution in [3.63, 3.8) is 0 Å². The van der Waals surface area contributed by atoms with Crippen LogP contribution < -0.4 is 0 Å². The van der Waals surface area contributed by atoms with Gasteiger partial charge in [-0.25, -0.2) is 4.79 Å². The second kappa shape index (κ2) is 7.76. The molecule has 3 N–H and O–H groups in total. The molecule has 1 rings (SSSR count). The first-order valence-corrected chi connectivity index (χ1v) is 6.31. The average Bonchev–Trinajstić information content (AvgIpc) is 2.35. The largest absolute Gasteiger partial charge is 0.480 e. The lowest BCUT2D eigenvalue weighted by Gasteiger charge is -2.42. The number of carbonyl (C=O) groups is 1. The van der Waals surface area contributed by atoms with Crippen molar-refractivity contribution in [2.75, 3.05) is 26.9 Å². The molecule has 7 heteroatoms. The molecule has 0 aromatic heterocycles. The number of rotatable bonds is 7. The minimum Gasteiger partial charge on any atom is -0.480 e. The zero-order valence-electron chi connectivity index (χ0n) is 11.2. The van der Waals surface area contributed by atoms with E-state index in [0.29, 0.717) is 6.42 Å². The smallest absolute Gasteiger partial charge is 0.329 e. The first-order chi connectivity index (χ1) is 9.01. The van der Waals surface area contributed by atoms with Crippen molar-refractivity contribution in [1.82, 2.24) is 0 Å². The predicted octanol–water partition coefficient (Wildman–Crippen LogP) is -0.751. The summed E-state index contributed by atoms with van der Waals surface area (Å²) in [7, 11) is 1.48. The summed E-state index contributed by atoms with van der Waals surface area (Å²) < 4.78 is 15.6. The Hall–Kier alpha value is -0.730. The van der Waals surface area contributed by atoms with Gasteiger partial charge in [-0.2, -0.15) is 0 Å². The van der Waals surface area contributed by atoms with Crippen molar-refractivity contribution in [2.45, 2.75) is 37.8 Å². The number of hydrogen-bond donors (Lipinski definition) is 3. The van der Waals surface area contributed by atoms with Crippen LogP contribution in [0.4, 0.5) is 0 Å². The van der Waals surface area contributed by atoms with Gasteiger partial charge in [-0.3, -0.25) is 0 Å². The topological polar surface area (TPSA) is 105 Å². The van der Waals surface area contributed by atoms with Gasteiger partial charge in [0.05, 0.1) is 25.4 Å². The highest BCUT2D eigenvalue weighted by Crippen LogP contribution is 2.29. The highest BCUT2D eigenvalue weighted by Gasteiger charge is 2.43. The van der Waals surface area contributed by atoms with Crippen LogP contribution in [0.15, 0.2) is 0 Å². The molecule has 0 amide bonds. The monoisotopic (exact) mass is 278 g/mol. The van der Waals surface area contributed by atoms with Crippen LogP contribution in [-0.2, 0) is 19.0 Å². The third-order valence-corrected chi connectivity index (χ3v) is 3.31. The molecule has 7 nitrogen and oxygen atoms in total. The van der Waals surface area contributed by atoms with Crippen LogP contribution >= 0.6 is 0 Å². The van der Waals surface area contributed by atoms with E-state index in [2.05, 4.69) is 0 Å². The molecule has 0 aromatic rings. The molecular weight excluding hydrogens is 256 g/mol. The van der Waals surface area contributed by atoms with Gasteiger partial charge in [0, 0.05) is 13.0 Å². The molecule has 19 heavy (non-hydrogen) atoms. The van der Waals surface area contributed by atoms with Crippen LogP contribution in [0.5, 0.6) is 0 Å². The van der Waals surface area contributed by atoms with E-state index in [1.54, 1.807) is 0 Å². The van der Waals surface area contributed by atoms with Gasteiger partial charge in [-0.1, -0.05) is 6.92 Å². The number of methoxy groups -OCH3 is 1. The van der Waals surface area contributed by atoms with Gasteiger partial charge in [0.2, 0.25) is 0 Å². The Bertz CT molecular complexity index is 281. The fourth-order valence-electron chi connectivity index (χ4n) is 2.33. The van der Waals surface area contributed by atoms with E-state index >= 15 is 0 Å². The van der Waals surface area contributed by atoms with E-state index in [4.69, 9.17) is 19.3 Å². The van der Waals surface area contributed by atoms with Crippen LogP contribution in [0.3, 0.4) is 0 Å². The minimum atomic E-state index is -1.06. The maximum absolute atomic E-state index is 10.4. The van der Waals surface area contributed by atoms with Crippen molar-refractivity contribution < 1.29 is 34.3 Å². The van der Waals surface area contributed by atoms with Gasteiger partial charge < -0.3 is 29.5 Å². The van der Waals surface area contributed by atoms with Gasteiger partial charge >= 0.3 is 5.97 Å². The standard InChI is InChI=1S/C12H22O7/c1-3-7-8(5-18-6-10(13)14)19-9(4-17-2)12(16)11(7)15/h7-9,11-12,15-16H,3-6H2,1-2H3,(H,13,14). The zero-order valence-corrected chi connectivity index (χ0v) is 11.2. The molecule has 0 radical (unpaired) electrons. The molecule has 0 saturated carbocycles. The van der Waals surface area contributed by atoms with Gasteiger partial charge in [-0.05, 0) is 6.42 Å². The molecule has 1 fully saturated rings. The summed E-state index contributed by atoms with van der Waals surface area (Å²) >= 11 is 0. The molecule has 5 atom stereocenters. The summed E-state index contributed by atoms with van der Waals surface area (Å²) in [5.74, 6) is -1.35. The molecule has 1 saturated heterocycles. The maximum Gasteiger partial charge on any atom is 0.329 e. The number of ether oxygens (including phenoxy) is 3. The van der Waals surface area contributed by atoms with E-state index in [0.717, 1.165) is 0 Å². The van der Waals surface area contributed by atoms with Crippen molar-refractivity contribution in [2.24, 2.45) is 5.92 Å². The first kappa shape index (κ1) is 16.3. The van der Waals surface area contributed by atoms with Crippen LogP contribution in [0.25, 0.3) is 0 Å². The van der Waals surface area contributed by atoms with E-state index in [1.165, 1.54) is 7.11 Å². The summed E-state index contributed by atoms with van der Waals surface area (Å²) in [5.41, 5.74) is 0. The summed E-state index contributed by atoms with van der Waals surface area (Å²) in [5, 5.41) is 28.5. The second-order valence-electron chi connectivity index (χ2n) is 4.63. The first-order valence-electron chi connectivity index (χ1n) is 6.31. The van der Waals surface area contributed by atoms with Gasteiger partial charge in [0.15, 0.2) is 0 Å². The highest BCUT2D eigenvalue weighted by atomic mass is 16.6. The van der Waals surface area contributed by atoms with Crippen LogP contribution in [0, 0.1) is 5.92 Å². The van der Waals surface area contributed by atoms with Gasteiger partial charge in [0.25, 0.3) is 0 Å². The third-order valence-electron chi connectivity index (χ3n) is 3.31. The van der Waals surface area contributed by atoms with Gasteiger partial charge in [-0.15, -0.1) is 0 Å². The van der Waals surface area contributed by atoms with E-state index in [-0.39, 0.29) is 19.1 Å². The Morgan fingerprint density at radius 2 is 1.89 bits per heavy atom. The van der Waals surface area contributed by atoms with Crippen LogP contribution in [0.1, 0.15) is 13.3 Å². The van der Waals surface area contributed by atoms with E-state index in [9.17, 15) is 15.0 Å². The quantitative estimate of drug-likeness (QED) is 0.562. The Kier molecular flexibility index (Phi) is 6.67. The third kappa shape index (κ3) is 4.39. The molecule has 0 spiro atoms. The lowest BCUT2D eigenvalue weighted by Crippen LogP contribution is -2.56. The van der Waals surface area contributed by atoms with Crippen molar-refractivity contribution in [3.8, 4) is 0 Å². The average molecular weight is 278 g/mol. The Morgan fingerprint density at radius 3 is 2.42 bits per heavy atom. The van der Waals surface area contributed by atoms with E-state index < -0.39 is 37.0 Å². The summed E-state index contributed by atoms with van der Waals surface area (Å²) in [6.45, 7) is 1.67. The van der Waals surface area contributed by atoms with Gasteiger partial charge in [0.1, 0.15) is 18.8 Å². The van der Waals surface area contributed by atoms with Crippen LogP contribution in [-0.4, -0.2) is 72.6 Å². The van der Waals surface area contributed by atoms with Crippen molar-refractivity contribution >= 4 is 5.97 Å². The molecule has 5 unspecified atom stereocenters. The number of aliphatic carboxylic acids is 1. The van der Waals surface area contributed by atoms with E-state index in [1.807, 2.05) is 6.92 Å². The number of hydrogen-bond acceptors (Lipinski definition) is 6. The Labute approximate surface area is 112 Å². The molecule has 1 aliphatic heterocycles. The summed E-state index contributed by atoms with van der Waals surface area (Å²) in [4.78, 5) is 10.4. The maximum atomic E-state index is 10.4. The molecule has 1 heterocycles. The molecule has 112 valence electrons. The van der Waals surface area contributed by atoms with Crippen LogP contribution in [0.2, 0.25) is 0 Å². The molecule has 1 aliphatic rings. The van der Waals surface area contributed by atoms with Crippen molar-refractivity contribution in [1.29, 1.82) is 0 Å². The van der Waals surface area contributed by atoms with Crippen molar-refractivity contribution in [3.05, 3.63) is 0 Å². The molecule has 0 bridgehead atoms. The highest BCUT2D eigenvalue weighted by molar-refractivity contribution is 5.67. The Morgan fingerprint density at radius 1 is 1.21 bits per heavy atom. The zero-order chi connectivity index (χ0) is 14.4. The summed E-state index contributed by atoms with van der Waals surface area (Å²) in [6.07, 6.45) is -2.44. The lowest BCUT2D eigenvalue weighted by molar-refractivity contribution is -0.222. The normalized spacial score (nSPS) is 35.3. The Balaban J connectivity index is 2.61. The fourth-order valence-corrected chi connectivity index (χ4v) is 2.33. The number of carboxylic acid groups (broad SMARTS) is 1. The lowest BCUT2D eigenvalue weighted by atomic mass is 9.85. The molecular formula is C12H22O7. The number of aliphatic hydroxyl groups is 2. The number of carboxylic acids is 1. The summed E-state index contributed by atoms with van der Waals surface area (Å²) in [6, 6.07) is 0. The SMILES string of the molecule is CCC1C(COCC(=O)O)OC(COC)C(O)C1O. The number of aliphatic hydroxyl groups excluding tert-OH is 2.